The molecule has 1 N–H and O–H groups in total. The first-order valence-corrected chi connectivity index (χ1v) is 6.76. The number of hydrogen-bond donors (Lipinski definition) is 1. The molecule has 2 aromatic rings. The highest BCUT2D eigenvalue weighted by molar-refractivity contribution is 5.87. The van der Waals surface area contributed by atoms with E-state index in [4.69, 9.17) is 9.47 Å². The fraction of sp³-hybridized carbons (Fsp3) is 0.467. The van der Waals surface area contributed by atoms with E-state index >= 15 is 0 Å². The van der Waals surface area contributed by atoms with Crippen LogP contribution >= 0.6 is 0 Å². The first-order chi connectivity index (χ1) is 9.15. The van der Waals surface area contributed by atoms with E-state index in [-0.39, 0.29) is 0 Å². The zero-order chi connectivity index (χ0) is 13.4. The topological polar surface area (TPSA) is 35.4 Å². The van der Waals surface area contributed by atoms with Gasteiger partial charge in [-0.25, -0.2) is 0 Å². The molecule has 19 heavy (non-hydrogen) atoms. The lowest BCUT2D eigenvalue weighted by atomic mass is 10.1. The molecule has 0 saturated carbocycles. The smallest absolute Gasteiger partial charge is 0.231 e. The summed E-state index contributed by atoms with van der Waals surface area (Å²) in [6, 6.07) is 4.69. The quantitative estimate of drug-likeness (QED) is 0.917. The highest BCUT2D eigenvalue weighted by Crippen LogP contribution is 2.37. The summed E-state index contributed by atoms with van der Waals surface area (Å²) in [5.74, 6) is 1.71. The SMILES string of the molecule is CC(C)NCCc1cn(C)c2cc3c(cc12)OCO3. The van der Waals surface area contributed by atoms with Gasteiger partial charge < -0.3 is 19.4 Å². The van der Waals surface area contributed by atoms with E-state index in [1.54, 1.807) is 0 Å². The van der Waals surface area contributed by atoms with Crippen molar-refractivity contribution < 1.29 is 9.47 Å². The summed E-state index contributed by atoms with van der Waals surface area (Å²) in [7, 11) is 2.07. The van der Waals surface area contributed by atoms with Gasteiger partial charge in [-0.15, -0.1) is 0 Å². The Morgan fingerprint density at radius 1 is 1.26 bits per heavy atom. The van der Waals surface area contributed by atoms with Gasteiger partial charge >= 0.3 is 0 Å². The largest absolute Gasteiger partial charge is 0.454 e. The first kappa shape index (κ1) is 12.4. The molecule has 0 amide bonds. The van der Waals surface area contributed by atoms with Crippen molar-refractivity contribution >= 4 is 10.9 Å². The Bertz CT molecular complexity index is 602. The van der Waals surface area contributed by atoms with Gasteiger partial charge in [-0.2, -0.15) is 0 Å². The van der Waals surface area contributed by atoms with Crippen LogP contribution in [-0.2, 0) is 13.5 Å². The molecule has 2 heterocycles. The van der Waals surface area contributed by atoms with Crippen LogP contribution in [0, 0.1) is 0 Å². The van der Waals surface area contributed by atoms with Crippen molar-refractivity contribution in [2.75, 3.05) is 13.3 Å². The van der Waals surface area contributed by atoms with Crippen molar-refractivity contribution in [3.05, 3.63) is 23.9 Å². The summed E-state index contributed by atoms with van der Waals surface area (Å²) < 4.78 is 13.1. The van der Waals surface area contributed by atoms with Crippen molar-refractivity contribution in [2.45, 2.75) is 26.3 Å². The minimum Gasteiger partial charge on any atom is -0.454 e. The predicted molar refractivity (Wildman–Crippen MR) is 75.9 cm³/mol. The van der Waals surface area contributed by atoms with Crippen LogP contribution in [0.1, 0.15) is 19.4 Å². The lowest BCUT2D eigenvalue weighted by molar-refractivity contribution is 0.174. The van der Waals surface area contributed by atoms with Gasteiger partial charge in [0.25, 0.3) is 0 Å². The van der Waals surface area contributed by atoms with E-state index < -0.39 is 0 Å². The van der Waals surface area contributed by atoms with Crippen LogP contribution in [0.2, 0.25) is 0 Å². The number of benzene rings is 1. The van der Waals surface area contributed by atoms with E-state index in [2.05, 4.69) is 49.1 Å². The second-order valence-corrected chi connectivity index (χ2v) is 5.35. The van der Waals surface area contributed by atoms with Crippen LogP contribution in [0.25, 0.3) is 10.9 Å². The van der Waals surface area contributed by atoms with Crippen LogP contribution < -0.4 is 14.8 Å². The fourth-order valence-electron chi connectivity index (χ4n) is 2.55. The zero-order valence-electron chi connectivity index (χ0n) is 11.7. The lowest BCUT2D eigenvalue weighted by Gasteiger charge is -2.07. The molecule has 0 spiro atoms. The summed E-state index contributed by atoms with van der Waals surface area (Å²) in [6.07, 6.45) is 3.22. The number of fused-ring (bicyclic) bond motifs is 2. The summed E-state index contributed by atoms with van der Waals surface area (Å²) in [5, 5.41) is 4.72. The minimum atomic E-state index is 0.329. The Balaban J connectivity index is 1.92. The summed E-state index contributed by atoms with van der Waals surface area (Å²) >= 11 is 0. The van der Waals surface area contributed by atoms with Crippen molar-refractivity contribution in [1.82, 2.24) is 9.88 Å². The molecule has 1 aliphatic rings. The van der Waals surface area contributed by atoms with Crippen LogP contribution in [-0.4, -0.2) is 23.9 Å². The van der Waals surface area contributed by atoms with E-state index in [0.717, 1.165) is 24.5 Å². The van der Waals surface area contributed by atoms with E-state index in [1.165, 1.54) is 16.5 Å². The first-order valence-electron chi connectivity index (χ1n) is 6.76. The van der Waals surface area contributed by atoms with Crippen molar-refractivity contribution in [3.63, 3.8) is 0 Å². The average molecular weight is 260 g/mol. The Kier molecular flexibility index (Phi) is 3.11. The molecule has 0 aliphatic carbocycles. The summed E-state index contributed by atoms with van der Waals surface area (Å²) in [6.45, 7) is 5.66. The monoisotopic (exact) mass is 260 g/mol. The maximum absolute atomic E-state index is 5.47. The molecule has 0 unspecified atom stereocenters. The molecule has 102 valence electrons. The van der Waals surface area contributed by atoms with Crippen molar-refractivity contribution in [1.29, 1.82) is 0 Å². The van der Waals surface area contributed by atoms with E-state index in [1.807, 2.05) is 0 Å². The number of hydrogen-bond acceptors (Lipinski definition) is 3. The molecule has 1 aliphatic heterocycles. The maximum atomic E-state index is 5.47. The standard InChI is InChI=1S/C15H20N2O2/c1-10(2)16-5-4-11-8-17(3)13-7-15-14(6-12(11)13)18-9-19-15/h6-8,10,16H,4-5,9H2,1-3H3. The third-order valence-electron chi connectivity index (χ3n) is 3.51. The molecule has 1 aromatic carbocycles. The predicted octanol–water partition coefficient (Wildman–Crippen LogP) is 2.45. The highest BCUT2D eigenvalue weighted by atomic mass is 16.7. The van der Waals surface area contributed by atoms with E-state index in [9.17, 15) is 0 Å². The second kappa shape index (κ2) is 4.78. The molecule has 0 fully saturated rings. The Hall–Kier alpha value is -1.68. The number of ether oxygens (including phenoxy) is 2. The Morgan fingerprint density at radius 3 is 2.74 bits per heavy atom. The molecule has 0 atom stereocenters. The molecule has 4 heteroatoms. The van der Waals surface area contributed by atoms with Gasteiger partial charge in [0, 0.05) is 30.7 Å². The van der Waals surface area contributed by atoms with Gasteiger partial charge in [0.1, 0.15) is 0 Å². The molecule has 0 bridgehead atoms. The van der Waals surface area contributed by atoms with Crippen LogP contribution in [0.15, 0.2) is 18.3 Å². The number of nitrogens with one attached hydrogen (secondary N) is 1. The third-order valence-corrected chi connectivity index (χ3v) is 3.51. The van der Waals surface area contributed by atoms with Crippen LogP contribution in [0.5, 0.6) is 11.5 Å². The lowest BCUT2D eigenvalue weighted by Crippen LogP contribution is -2.24. The zero-order valence-corrected chi connectivity index (χ0v) is 11.7. The van der Waals surface area contributed by atoms with Crippen LogP contribution in [0.4, 0.5) is 0 Å². The van der Waals surface area contributed by atoms with E-state index in [0.29, 0.717) is 12.8 Å². The second-order valence-electron chi connectivity index (χ2n) is 5.35. The highest BCUT2D eigenvalue weighted by Gasteiger charge is 2.17. The maximum Gasteiger partial charge on any atom is 0.231 e. The minimum absolute atomic E-state index is 0.329. The number of aryl methyl sites for hydroxylation is 1. The summed E-state index contributed by atoms with van der Waals surface area (Å²) in [4.78, 5) is 0. The molecule has 4 nitrogen and oxygen atoms in total. The molecule has 0 radical (unpaired) electrons. The Morgan fingerprint density at radius 2 is 2.00 bits per heavy atom. The van der Waals surface area contributed by atoms with Gasteiger partial charge in [0.2, 0.25) is 6.79 Å². The Labute approximate surface area is 113 Å². The number of rotatable bonds is 4. The molecule has 0 saturated heterocycles. The van der Waals surface area contributed by atoms with Gasteiger partial charge in [-0.3, -0.25) is 0 Å². The normalized spacial score (nSPS) is 13.7. The third kappa shape index (κ3) is 2.28. The number of aromatic nitrogens is 1. The van der Waals surface area contributed by atoms with Crippen molar-refractivity contribution in [3.8, 4) is 11.5 Å². The van der Waals surface area contributed by atoms with Gasteiger partial charge in [0.15, 0.2) is 11.5 Å². The van der Waals surface area contributed by atoms with Crippen molar-refractivity contribution in [2.24, 2.45) is 7.05 Å². The molecule has 1 aromatic heterocycles. The van der Waals surface area contributed by atoms with Crippen LogP contribution in [0.3, 0.4) is 0 Å². The average Bonchev–Trinajstić information content (AvgIpc) is 2.92. The molecule has 3 rings (SSSR count). The van der Waals surface area contributed by atoms with Gasteiger partial charge in [-0.1, -0.05) is 13.8 Å². The molecular formula is C15H20N2O2. The number of nitrogens with zero attached hydrogens (tertiary/aromatic N) is 1. The summed E-state index contributed by atoms with van der Waals surface area (Å²) in [5.41, 5.74) is 2.55. The van der Waals surface area contributed by atoms with Gasteiger partial charge in [0.05, 0.1) is 5.52 Å². The molecular weight excluding hydrogens is 240 g/mol. The fourth-order valence-corrected chi connectivity index (χ4v) is 2.55. The van der Waals surface area contributed by atoms with Gasteiger partial charge in [-0.05, 0) is 24.6 Å².